The summed E-state index contributed by atoms with van der Waals surface area (Å²) in [6.07, 6.45) is 11.2. The lowest BCUT2D eigenvalue weighted by molar-refractivity contribution is -0.129. The van der Waals surface area contributed by atoms with Crippen molar-refractivity contribution < 1.29 is 4.79 Å². The van der Waals surface area contributed by atoms with Crippen molar-refractivity contribution in [1.29, 1.82) is 0 Å². The summed E-state index contributed by atoms with van der Waals surface area (Å²) in [6, 6.07) is 0.00434. The van der Waals surface area contributed by atoms with E-state index >= 15 is 0 Å². The summed E-state index contributed by atoms with van der Waals surface area (Å²) in [4.78, 5) is 18.6. The first kappa shape index (κ1) is 14.3. The number of likely N-dealkylation sites (tertiary alicyclic amines) is 1. The number of aryl methyl sites for hydroxylation is 1. The molecule has 0 aromatic carbocycles. The molecule has 1 amide bonds. The fourth-order valence-corrected chi connectivity index (χ4v) is 3.44. The van der Waals surface area contributed by atoms with Crippen molar-refractivity contribution in [3.8, 4) is 0 Å². The van der Waals surface area contributed by atoms with E-state index in [1.807, 2.05) is 22.7 Å². The molecule has 114 valence electrons. The van der Waals surface area contributed by atoms with Crippen LogP contribution in [0.4, 0.5) is 0 Å². The van der Waals surface area contributed by atoms with E-state index in [1.54, 1.807) is 6.33 Å². The Morgan fingerprint density at radius 2 is 2.29 bits per heavy atom. The van der Waals surface area contributed by atoms with Gasteiger partial charge < -0.3 is 15.2 Å². The number of nitrogens with two attached hydrogens (primary N) is 1. The normalized spacial score (nSPS) is 26.0. The van der Waals surface area contributed by atoms with Crippen molar-refractivity contribution in [3.05, 3.63) is 29.9 Å². The first-order valence-corrected chi connectivity index (χ1v) is 7.82. The van der Waals surface area contributed by atoms with Crippen LogP contribution in [0.5, 0.6) is 0 Å². The Morgan fingerprint density at radius 3 is 2.95 bits per heavy atom. The van der Waals surface area contributed by atoms with Crippen LogP contribution in [0.1, 0.15) is 43.7 Å². The average molecular weight is 288 g/mol. The van der Waals surface area contributed by atoms with Gasteiger partial charge in [-0.2, -0.15) is 0 Å². The van der Waals surface area contributed by atoms with Gasteiger partial charge in [-0.3, -0.25) is 4.79 Å². The number of amides is 1. The Hall–Kier alpha value is -1.62. The molecule has 1 aliphatic heterocycles. The van der Waals surface area contributed by atoms with Crippen LogP contribution in [-0.2, 0) is 11.8 Å². The molecule has 1 aromatic heterocycles. The molecule has 1 aliphatic carbocycles. The zero-order valence-electron chi connectivity index (χ0n) is 12.7. The number of carbonyl (C=O) groups excluding carboxylic acids is 1. The van der Waals surface area contributed by atoms with Gasteiger partial charge in [-0.1, -0.05) is 11.6 Å². The summed E-state index contributed by atoms with van der Waals surface area (Å²) in [5.41, 5.74) is 8.68. The predicted octanol–water partition coefficient (Wildman–Crippen LogP) is 1.56. The Balaban J connectivity index is 1.64. The molecular weight excluding hydrogens is 264 g/mol. The molecule has 0 saturated carbocycles. The molecule has 0 radical (unpaired) electrons. The molecule has 2 atom stereocenters. The summed E-state index contributed by atoms with van der Waals surface area (Å²) in [5.74, 6) is 0.421. The monoisotopic (exact) mass is 288 g/mol. The van der Waals surface area contributed by atoms with Gasteiger partial charge in [0, 0.05) is 50.4 Å². The molecule has 1 aromatic rings. The standard InChI is InChI=1S/C16H24N4O/c1-19-11-18-8-15(19)13-9-20(10-14(13)17)16(21)7-12-5-3-2-4-6-12/h5,8,11,13-14H,2-4,6-7,9-10,17H2,1H3/t13-,14-/m1/s1. The lowest BCUT2D eigenvalue weighted by Crippen LogP contribution is -2.32. The minimum Gasteiger partial charge on any atom is -0.340 e. The maximum Gasteiger partial charge on any atom is 0.226 e. The van der Waals surface area contributed by atoms with Gasteiger partial charge >= 0.3 is 0 Å². The SMILES string of the molecule is Cn1cncc1[C@@H]1CN(C(=O)CC2=CCCCC2)C[C@H]1N. The van der Waals surface area contributed by atoms with Crippen LogP contribution in [0.15, 0.2) is 24.2 Å². The number of nitrogens with zero attached hydrogens (tertiary/aromatic N) is 3. The quantitative estimate of drug-likeness (QED) is 0.859. The van der Waals surface area contributed by atoms with Crippen LogP contribution >= 0.6 is 0 Å². The first-order valence-electron chi connectivity index (χ1n) is 7.82. The second-order valence-electron chi connectivity index (χ2n) is 6.28. The third-order valence-electron chi connectivity index (χ3n) is 4.71. The second kappa shape index (κ2) is 6.02. The van der Waals surface area contributed by atoms with Crippen LogP contribution in [0.25, 0.3) is 0 Å². The molecule has 3 rings (SSSR count). The number of aromatic nitrogens is 2. The molecule has 2 heterocycles. The van der Waals surface area contributed by atoms with Gasteiger partial charge in [-0.25, -0.2) is 4.98 Å². The van der Waals surface area contributed by atoms with E-state index in [0.717, 1.165) is 18.5 Å². The number of imidazole rings is 1. The van der Waals surface area contributed by atoms with E-state index in [2.05, 4.69) is 11.1 Å². The van der Waals surface area contributed by atoms with Crippen LogP contribution in [-0.4, -0.2) is 39.5 Å². The van der Waals surface area contributed by atoms with E-state index in [4.69, 9.17) is 5.73 Å². The highest BCUT2D eigenvalue weighted by Crippen LogP contribution is 2.28. The Kier molecular flexibility index (Phi) is 4.10. The van der Waals surface area contributed by atoms with Gasteiger partial charge in [0.2, 0.25) is 5.91 Å². The minimum absolute atomic E-state index is 0.00434. The number of hydrogen-bond acceptors (Lipinski definition) is 3. The van der Waals surface area contributed by atoms with E-state index in [0.29, 0.717) is 19.5 Å². The lowest BCUT2D eigenvalue weighted by Gasteiger charge is -2.19. The summed E-state index contributed by atoms with van der Waals surface area (Å²) in [6.45, 7) is 1.37. The van der Waals surface area contributed by atoms with Gasteiger partial charge in [0.1, 0.15) is 0 Å². The van der Waals surface area contributed by atoms with Crippen molar-refractivity contribution in [2.75, 3.05) is 13.1 Å². The van der Waals surface area contributed by atoms with Crippen molar-refractivity contribution in [3.63, 3.8) is 0 Å². The smallest absolute Gasteiger partial charge is 0.226 e. The molecule has 5 nitrogen and oxygen atoms in total. The fourth-order valence-electron chi connectivity index (χ4n) is 3.44. The van der Waals surface area contributed by atoms with Crippen LogP contribution in [0.3, 0.4) is 0 Å². The second-order valence-corrected chi connectivity index (χ2v) is 6.28. The fraction of sp³-hybridized carbons (Fsp3) is 0.625. The van der Waals surface area contributed by atoms with E-state index in [9.17, 15) is 4.79 Å². The maximum atomic E-state index is 12.5. The van der Waals surface area contributed by atoms with E-state index < -0.39 is 0 Å². The van der Waals surface area contributed by atoms with Crippen molar-refractivity contribution in [2.45, 2.75) is 44.1 Å². The van der Waals surface area contributed by atoms with Crippen molar-refractivity contribution >= 4 is 5.91 Å². The van der Waals surface area contributed by atoms with Gasteiger partial charge in [0.25, 0.3) is 0 Å². The summed E-state index contributed by atoms with van der Waals surface area (Å²) >= 11 is 0. The number of carbonyl (C=O) groups is 1. The Labute approximate surface area is 125 Å². The summed E-state index contributed by atoms with van der Waals surface area (Å²) < 4.78 is 2.00. The molecule has 2 aliphatic rings. The number of hydrogen-bond donors (Lipinski definition) is 1. The Morgan fingerprint density at radius 1 is 1.43 bits per heavy atom. The lowest BCUT2D eigenvalue weighted by atomic mass is 9.97. The summed E-state index contributed by atoms with van der Waals surface area (Å²) in [5, 5.41) is 0. The van der Waals surface area contributed by atoms with Crippen molar-refractivity contribution in [1.82, 2.24) is 14.5 Å². The molecule has 0 bridgehead atoms. The largest absolute Gasteiger partial charge is 0.340 e. The Bertz CT molecular complexity index is 548. The molecule has 1 saturated heterocycles. The van der Waals surface area contributed by atoms with E-state index in [1.165, 1.54) is 18.4 Å². The van der Waals surface area contributed by atoms with E-state index in [-0.39, 0.29) is 17.9 Å². The number of rotatable bonds is 3. The third kappa shape index (κ3) is 3.02. The predicted molar refractivity (Wildman–Crippen MR) is 81.7 cm³/mol. The van der Waals surface area contributed by atoms with Crippen molar-refractivity contribution in [2.24, 2.45) is 12.8 Å². The zero-order valence-corrected chi connectivity index (χ0v) is 12.7. The van der Waals surface area contributed by atoms with Crippen LogP contribution in [0.2, 0.25) is 0 Å². The van der Waals surface area contributed by atoms with Gasteiger partial charge in [-0.05, 0) is 25.7 Å². The topological polar surface area (TPSA) is 64.2 Å². The molecular formula is C16H24N4O. The minimum atomic E-state index is 0.00434. The zero-order chi connectivity index (χ0) is 14.8. The first-order chi connectivity index (χ1) is 10.1. The third-order valence-corrected chi connectivity index (χ3v) is 4.71. The highest BCUT2D eigenvalue weighted by molar-refractivity contribution is 5.79. The maximum absolute atomic E-state index is 12.5. The highest BCUT2D eigenvalue weighted by atomic mass is 16.2. The molecule has 0 unspecified atom stereocenters. The molecule has 21 heavy (non-hydrogen) atoms. The van der Waals surface area contributed by atoms with Gasteiger partial charge in [0.05, 0.1) is 6.33 Å². The van der Waals surface area contributed by atoms with Gasteiger partial charge in [-0.15, -0.1) is 0 Å². The molecule has 5 heteroatoms. The van der Waals surface area contributed by atoms with Crippen LogP contribution in [0, 0.1) is 0 Å². The van der Waals surface area contributed by atoms with Crippen LogP contribution < -0.4 is 5.73 Å². The average Bonchev–Trinajstić information content (AvgIpc) is 3.06. The van der Waals surface area contributed by atoms with Gasteiger partial charge in [0.15, 0.2) is 0 Å². The molecule has 1 fully saturated rings. The molecule has 2 N–H and O–H groups in total. The summed E-state index contributed by atoms with van der Waals surface area (Å²) in [7, 11) is 1.98. The molecule has 0 spiro atoms. The number of allylic oxidation sites excluding steroid dienone is 1. The highest BCUT2D eigenvalue weighted by Gasteiger charge is 2.35.